The molecule has 1 atom stereocenters. The Kier molecular flexibility index (Phi) is 5.94. The van der Waals surface area contributed by atoms with Crippen LogP contribution in [0.4, 0.5) is 0 Å². The van der Waals surface area contributed by atoms with Crippen molar-refractivity contribution in [3.05, 3.63) is 41.7 Å². The fraction of sp³-hybridized carbons (Fsp3) is 0.529. The lowest BCUT2D eigenvalue weighted by Gasteiger charge is -2.20. The molecule has 1 fully saturated rings. The van der Waals surface area contributed by atoms with Crippen LogP contribution in [-0.2, 0) is 0 Å². The Bertz CT molecular complexity index is 360. The Morgan fingerprint density at radius 2 is 1.89 bits per heavy atom. The molecule has 0 saturated heterocycles. The number of allylic oxidation sites excluding steroid dienone is 2. The lowest BCUT2D eigenvalue weighted by atomic mass is 9.89. The highest BCUT2D eigenvalue weighted by Gasteiger charge is 2.12. The van der Waals surface area contributed by atoms with Crippen LogP contribution >= 0.6 is 8.58 Å². The van der Waals surface area contributed by atoms with Crippen LogP contribution in [-0.4, -0.2) is 0 Å². The van der Waals surface area contributed by atoms with Gasteiger partial charge in [0.1, 0.15) is 0 Å². The first kappa shape index (κ1) is 13.8. The Morgan fingerprint density at radius 1 is 1.17 bits per heavy atom. The molecule has 1 aromatic rings. The van der Waals surface area contributed by atoms with E-state index in [4.69, 9.17) is 0 Å². The zero-order valence-electron chi connectivity index (χ0n) is 11.5. The molecule has 18 heavy (non-hydrogen) atoms. The van der Waals surface area contributed by atoms with Gasteiger partial charge in [0.15, 0.2) is 0 Å². The van der Waals surface area contributed by atoms with Crippen LogP contribution in [0.3, 0.4) is 0 Å². The maximum Gasteiger partial charge on any atom is -0.0227 e. The molecule has 0 aliphatic heterocycles. The molecule has 0 N–H and O–H groups in total. The Balaban J connectivity index is 2.00. The summed E-state index contributed by atoms with van der Waals surface area (Å²) in [6, 6.07) is 11.0. The van der Waals surface area contributed by atoms with Gasteiger partial charge in [-0.15, -0.1) is 0 Å². The fourth-order valence-electron chi connectivity index (χ4n) is 2.75. The normalized spacial score (nSPS) is 18.6. The SMILES string of the molecule is CCCC(=CC1CCCCC1)Pc1ccccc1. The predicted molar refractivity (Wildman–Crippen MR) is 84.0 cm³/mol. The molecule has 2 rings (SSSR count). The Hall–Kier alpha value is -0.610. The topological polar surface area (TPSA) is 0 Å². The van der Waals surface area contributed by atoms with Gasteiger partial charge in [-0.05, 0) is 35.8 Å². The minimum atomic E-state index is 0.872. The third-order valence-corrected chi connectivity index (χ3v) is 5.04. The summed E-state index contributed by atoms with van der Waals surface area (Å²) in [6.45, 7) is 2.30. The third kappa shape index (κ3) is 4.58. The quantitative estimate of drug-likeness (QED) is 0.634. The molecule has 1 aliphatic carbocycles. The predicted octanol–water partition coefficient (Wildman–Crippen LogP) is 5.25. The molecule has 0 amide bonds. The molecule has 1 saturated carbocycles. The van der Waals surface area contributed by atoms with Gasteiger partial charge in [-0.2, -0.15) is 0 Å². The van der Waals surface area contributed by atoms with Crippen molar-refractivity contribution in [1.29, 1.82) is 0 Å². The maximum absolute atomic E-state index is 2.62. The van der Waals surface area contributed by atoms with Gasteiger partial charge in [0, 0.05) is 0 Å². The van der Waals surface area contributed by atoms with Crippen LogP contribution in [0.2, 0.25) is 0 Å². The van der Waals surface area contributed by atoms with E-state index in [-0.39, 0.29) is 0 Å². The fourth-order valence-corrected chi connectivity index (χ4v) is 4.17. The summed E-state index contributed by atoms with van der Waals surface area (Å²) >= 11 is 0. The maximum atomic E-state index is 2.62. The lowest BCUT2D eigenvalue weighted by Crippen LogP contribution is -2.04. The second-order valence-corrected chi connectivity index (χ2v) is 6.80. The average molecular weight is 260 g/mol. The second kappa shape index (κ2) is 7.74. The molecule has 1 aliphatic rings. The standard InChI is InChI=1S/C17H25P/c1-2-9-17(14-15-10-5-3-6-11-15)18-16-12-7-4-8-13-16/h4,7-8,12-15,18H,2-3,5-6,9-11H2,1H3. The van der Waals surface area contributed by atoms with Crippen LogP contribution in [0.15, 0.2) is 41.7 Å². The van der Waals surface area contributed by atoms with Crippen LogP contribution in [0.25, 0.3) is 0 Å². The highest BCUT2D eigenvalue weighted by Crippen LogP contribution is 2.33. The van der Waals surface area contributed by atoms with E-state index in [0.29, 0.717) is 0 Å². The van der Waals surface area contributed by atoms with Crippen molar-refractivity contribution in [2.24, 2.45) is 5.92 Å². The first-order valence-electron chi connectivity index (χ1n) is 7.41. The molecule has 1 aromatic carbocycles. The van der Waals surface area contributed by atoms with Gasteiger partial charge in [0.25, 0.3) is 0 Å². The summed E-state index contributed by atoms with van der Waals surface area (Å²) < 4.78 is 0. The summed E-state index contributed by atoms with van der Waals surface area (Å²) in [5, 5.41) is 3.18. The molecular weight excluding hydrogens is 235 g/mol. The van der Waals surface area contributed by atoms with E-state index in [9.17, 15) is 0 Å². The Labute approximate surface area is 114 Å². The zero-order chi connectivity index (χ0) is 12.6. The van der Waals surface area contributed by atoms with E-state index in [0.717, 1.165) is 14.5 Å². The molecule has 0 heterocycles. The number of benzene rings is 1. The highest BCUT2D eigenvalue weighted by molar-refractivity contribution is 7.51. The summed E-state index contributed by atoms with van der Waals surface area (Å²) in [4.78, 5) is 0. The van der Waals surface area contributed by atoms with Crippen molar-refractivity contribution in [2.75, 3.05) is 0 Å². The van der Waals surface area contributed by atoms with Gasteiger partial charge in [-0.3, -0.25) is 0 Å². The first-order valence-corrected chi connectivity index (χ1v) is 8.41. The molecule has 98 valence electrons. The molecule has 1 heteroatoms. The van der Waals surface area contributed by atoms with Crippen LogP contribution in [0.5, 0.6) is 0 Å². The summed E-state index contributed by atoms with van der Waals surface area (Å²) in [5.74, 6) is 0.872. The van der Waals surface area contributed by atoms with Gasteiger partial charge in [0.2, 0.25) is 0 Å². The second-order valence-electron chi connectivity index (χ2n) is 5.33. The Morgan fingerprint density at radius 3 is 2.56 bits per heavy atom. The van der Waals surface area contributed by atoms with E-state index in [1.54, 1.807) is 5.31 Å². The van der Waals surface area contributed by atoms with Crippen molar-refractivity contribution >= 4 is 13.9 Å². The number of rotatable bonds is 5. The number of hydrogen-bond donors (Lipinski definition) is 0. The molecule has 0 bridgehead atoms. The first-order chi connectivity index (χ1) is 8.88. The van der Waals surface area contributed by atoms with Gasteiger partial charge in [-0.25, -0.2) is 0 Å². The lowest BCUT2D eigenvalue weighted by molar-refractivity contribution is 0.418. The van der Waals surface area contributed by atoms with Gasteiger partial charge in [-0.1, -0.05) is 77.6 Å². The van der Waals surface area contributed by atoms with Crippen LogP contribution in [0.1, 0.15) is 51.9 Å². The summed E-state index contributed by atoms with van der Waals surface area (Å²) in [5.41, 5.74) is 0. The van der Waals surface area contributed by atoms with Crippen molar-refractivity contribution in [3.8, 4) is 0 Å². The minimum absolute atomic E-state index is 0.872. The summed E-state index contributed by atoms with van der Waals surface area (Å²) in [6.07, 6.45) is 12.4. The van der Waals surface area contributed by atoms with Gasteiger partial charge >= 0.3 is 0 Å². The van der Waals surface area contributed by atoms with Crippen molar-refractivity contribution in [3.63, 3.8) is 0 Å². The zero-order valence-corrected chi connectivity index (χ0v) is 12.5. The molecule has 0 radical (unpaired) electrons. The van der Waals surface area contributed by atoms with E-state index in [1.165, 1.54) is 50.3 Å². The van der Waals surface area contributed by atoms with E-state index in [2.05, 4.69) is 43.3 Å². The van der Waals surface area contributed by atoms with E-state index >= 15 is 0 Å². The number of hydrogen-bond acceptors (Lipinski definition) is 0. The van der Waals surface area contributed by atoms with Gasteiger partial charge < -0.3 is 0 Å². The molecular formula is C17H25P. The monoisotopic (exact) mass is 260 g/mol. The highest BCUT2D eigenvalue weighted by atomic mass is 31.1. The van der Waals surface area contributed by atoms with Crippen molar-refractivity contribution < 1.29 is 0 Å². The molecule has 0 spiro atoms. The smallest absolute Gasteiger partial charge is 0.0227 e. The largest absolute Gasteiger partial charge is 0.0777 e. The van der Waals surface area contributed by atoms with Crippen LogP contribution < -0.4 is 5.30 Å². The molecule has 0 nitrogen and oxygen atoms in total. The van der Waals surface area contributed by atoms with E-state index in [1.807, 2.05) is 0 Å². The van der Waals surface area contributed by atoms with Gasteiger partial charge in [0.05, 0.1) is 0 Å². The van der Waals surface area contributed by atoms with Crippen molar-refractivity contribution in [1.82, 2.24) is 0 Å². The summed E-state index contributed by atoms with van der Waals surface area (Å²) in [7, 11) is 0.888. The molecule has 1 unspecified atom stereocenters. The minimum Gasteiger partial charge on any atom is -0.0777 e. The third-order valence-electron chi connectivity index (χ3n) is 3.68. The molecule has 0 aromatic heterocycles. The van der Waals surface area contributed by atoms with Crippen LogP contribution in [0, 0.1) is 5.92 Å². The average Bonchev–Trinajstić information content (AvgIpc) is 2.41. The van der Waals surface area contributed by atoms with E-state index < -0.39 is 0 Å². The van der Waals surface area contributed by atoms with Crippen molar-refractivity contribution in [2.45, 2.75) is 51.9 Å².